The van der Waals surface area contributed by atoms with Gasteiger partial charge in [0.25, 0.3) is 11.6 Å². The molecule has 4 rings (SSSR count). The number of ether oxygens (including phenoxy) is 1. The Bertz CT molecular complexity index is 1830. The molecule has 1 aliphatic rings. The number of benzene rings is 3. The Hall–Kier alpha value is -6.25. The average molecular weight is 655 g/mol. The minimum absolute atomic E-state index is 0.000255. The van der Waals surface area contributed by atoms with Crippen molar-refractivity contribution in [2.75, 3.05) is 30.4 Å². The molecule has 0 bridgehead atoms. The van der Waals surface area contributed by atoms with Crippen molar-refractivity contribution >= 4 is 58.3 Å². The van der Waals surface area contributed by atoms with Crippen molar-refractivity contribution in [3.8, 4) is 17.9 Å². The molecule has 3 aromatic rings. The fraction of sp³-hybridized carbons (Fsp3) is 0.188. The average Bonchev–Trinajstić information content (AvgIpc) is 3.35. The second-order valence-corrected chi connectivity index (χ2v) is 10.3. The third-order valence-corrected chi connectivity index (χ3v) is 7.05. The van der Waals surface area contributed by atoms with E-state index >= 15 is 0 Å². The number of nitrogens with one attached hydrogen (secondary N) is 2. The number of carbonyl (C=O) groups excluding carboxylic acids is 3. The van der Waals surface area contributed by atoms with Crippen LogP contribution in [0.15, 0.2) is 77.4 Å². The molecule has 15 heteroatoms. The van der Waals surface area contributed by atoms with Crippen molar-refractivity contribution in [2.45, 2.75) is 19.3 Å². The van der Waals surface area contributed by atoms with Gasteiger partial charge in [0.1, 0.15) is 17.9 Å². The number of amides is 3. The summed E-state index contributed by atoms with van der Waals surface area (Å²) in [6.07, 6.45) is 1.32. The number of hydrogen-bond acceptors (Lipinski definition) is 10. The van der Waals surface area contributed by atoms with Gasteiger partial charge in [0, 0.05) is 48.2 Å². The van der Waals surface area contributed by atoms with Crippen LogP contribution >= 0.6 is 11.6 Å². The number of aliphatic imine (C=N–C) groups is 1. The highest BCUT2D eigenvalue weighted by atomic mass is 35.5. The van der Waals surface area contributed by atoms with Crippen LogP contribution in [0.25, 0.3) is 6.08 Å². The Morgan fingerprint density at radius 2 is 1.77 bits per heavy atom. The Labute approximate surface area is 274 Å². The smallest absolute Gasteiger partial charge is 0.297 e. The number of nitro groups is 1. The van der Waals surface area contributed by atoms with E-state index in [1.165, 1.54) is 25.3 Å². The molecular weight excluding hydrogens is 628 g/mol. The highest BCUT2D eigenvalue weighted by molar-refractivity contribution is 6.35. The molecule has 238 valence electrons. The number of carbonyl (C=O) groups is 3. The predicted octanol–water partition coefficient (Wildman–Crippen LogP) is 4.58. The van der Waals surface area contributed by atoms with Crippen LogP contribution in [-0.2, 0) is 14.4 Å². The first-order chi connectivity index (χ1) is 22.6. The van der Waals surface area contributed by atoms with E-state index in [2.05, 4.69) is 27.9 Å². The summed E-state index contributed by atoms with van der Waals surface area (Å²) in [6.45, 7) is 0.863. The number of anilines is 2. The summed E-state index contributed by atoms with van der Waals surface area (Å²) in [5.41, 5.74) is 3.63. The Morgan fingerprint density at radius 1 is 1.06 bits per heavy atom. The number of methoxy groups -OCH3 is 1. The molecule has 0 atom stereocenters. The summed E-state index contributed by atoms with van der Waals surface area (Å²) < 4.78 is 5.13. The quantitative estimate of drug-likeness (QED) is 0.115. The van der Waals surface area contributed by atoms with Gasteiger partial charge in [-0.25, -0.2) is 4.99 Å². The monoisotopic (exact) mass is 654 g/mol. The maximum Gasteiger partial charge on any atom is 0.297 e. The number of nitriles is 2. The second kappa shape index (κ2) is 15.7. The number of amidine groups is 1. The van der Waals surface area contributed by atoms with Crippen LogP contribution in [-0.4, -0.2) is 53.7 Å². The van der Waals surface area contributed by atoms with Gasteiger partial charge in [0.2, 0.25) is 11.8 Å². The molecule has 0 saturated heterocycles. The maximum absolute atomic E-state index is 13.6. The molecule has 47 heavy (non-hydrogen) atoms. The van der Waals surface area contributed by atoms with Crippen LogP contribution in [0.4, 0.5) is 17.1 Å². The Kier molecular flexibility index (Phi) is 11.2. The molecule has 2 N–H and O–H groups in total. The summed E-state index contributed by atoms with van der Waals surface area (Å²) in [6, 6.07) is 21.2. The van der Waals surface area contributed by atoms with Crippen molar-refractivity contribution in [1.29, 1.82) is 10.5 Å². The highest BCUT2D eigenvalue weighted by Crippen LogP contribution is 2.29. The molecule has 0 unspecified atom stereocenters. The van der Waals surface area contributed by atoms with Crippen molar-refractivity contribution in [3.63, 3.8) is 0 Å². The molecule has 0 aliphatic carbocycles. The minimum Gasteiger partial charge on any atom is -0.497 e. The van der Waals surface area contributed by atoms with Gasteiger partial charge in [-0.15, -0.1) is 0 Å². The zero-order valence-corrected chi connectivity index (χ0v) is 25.7. The van der Waals surface area contributed by atoms with E-state index in [9.17, 15) is 24.5 Å². The SMILES string of the molecule is COc1cccc(NC(=O)CC(=O)NN2C(=O)C(=Cc3ccc(N(CCC#N)CCC#N)cc3)N=C2c2cc([N+](=O)[O-])ccc2Cl)c1. The van der Waals surface area contributed by atoms with Crippen LogP contribution in [0.3, 0.4) is 0 Å². The Morgan fingerprint density at radius 3 is 2.40 bits per heavy atom. The lowest BCUT2D eigenvalue weighted by atomic mass is 10.1. The van der Waals surface area contributed by atoms with Crippen LogP contribution in [0.5, 0.6) is 5.75 Å². The number of non-ortho nitro benzene ring substituents is 1. The summed E-state index contributed by atoms with van der Waals surface area (Å²) in [4.78, 5) is 56.3. The van der Waals surface area contributed by atoms with Gasteiger partial charge in [-0.05, 0) is 42.0 Å². The zero-order valence-electron chi connectivity index (χ0n) is 25.0. The fourth-order valence-electron chi connectivity index (χ4n) is 4.49. The van der Waals surface area contributed by atoms with E-state index in [0.717, 1.165) is 16.8 Å². The van der Waals surface area contributed by atoms with Gasteiger partial charge in [-0.2, -0.15) is 15.5 Å². The normalized spacial score (nSPS) is 12.9. The van der Waals surface area contributed by atoms with Crippen molar-refractivity contribution in [1.82, 2.24) is 10.4 Å². The summed E-state index contributed by atoms with van der Waals surface area (Å²) in [5, 5.41) is 32.8. The first-order valence-electron chi connectivity index (χ1n) is 14.0. The van der Waals surface area contributed by atoms with Crippen molar-refractivity contribution in [2.24, 2.45) is 4.99 Å². The first-order valence-corrected chi connectivity index (χ1v) is 14.4. The lowest BCUT2D eigenvalue weighted by Crippen LogP contribution is -2.48. The van der Waals surface area contributed by atoms with Crippen molar-refractivity contribution < 1.29 is 24.0 Å². The number of nitro benzene ring substituents is 1. The molecule has 0 aromatic heterocycles. The number of hydrogen-bond donors (Lipinski definition) is 2. The number of hydrazine groups is 1. The molecule has 3 aromatic carbocycles. The third-order valence-electron chi connectivity index (χ3n) is 6.72. The summed E-state index contributed by atoms with van der Waals surface area (Å²) in [5.74, 6) is -2.02. The molecule has 3 amide bonds. The molecule has 0 fully saturated rings. The zero-order chi connectivity index (χ0) is 33.9. The predicted molar refractivity (Wildman–Crippen MR) is 173 cm³/mol. The van der Waals surface area contributed by atoms with Crippen LogP contribution in [0.2, 0.25) is 5.02 Å². The number of halogens is 1. The van der Waals surface area contributed by atoms with E-state index in [4.69, 9.17) is 26.9 Å². The van der Waals surface area contributed by atoms with E-state index in [1.807, 2.05) is 4.90 Å². The van der Waals surface area contributed by atoms with Gasteiger partial charge in [0.05, 0.1) is 42.0 Å². The minimum atomic E-state index is -0.867. The van der Waals surface area contributed by atoms with E-state index < -0.39 is 29.1 Å². The molecule has 14 nitrogen and oxygen atoms in total. The molecule has 0 spiro atoms. The van der Waals surface area contributed by atoms with Gasteiger partial charge in [-0.3, -0.25) is 29.9 Å². The lowest BCUT2D eigenvalue weighted by molar-refractivity contribution is -0.384. The van der Waals surface area contributed by atoms with E-state index in [1.54, 1.807) is 48.5 Å². The van der Waals surface area contributed by atoms with E-state index in [0.29, 0.717) is 30.1 Å². The van der Waals surface area contributed by atoms with Gasteiger partial charge < -0.3 is 15.0 Å². The largest absolute Gasteiger partial charge is 0.497 e. The summed E-state index contributed by atoms with van der Waals surface area (Å²) in [7, 11) is 1.47. The molecule has 0 radical (unpaired) electrons. The molecular formula is C32H27ClN8O6. The summed E-state index contributed by atoms with van der Waals surface area (Å²) >= 11 is 6.36. The first kappa shape index (κ1) is 33.6. The lowest BCUT2D eigenvalue weighted by Gasteiger charge is -2.22. The fourth-order valence-corrected chi connectivity index (χ4v) is 4.70. The standard InChI is InChI=1S/C32H27ClN8O6/c1-47-25-6-2-5-22(18-25)36-29(42)20-30(43)38-40-31(26-19-24(41(45)46)11-12-27(26)33)37-28(32(40)44)17-21-7-9-23(10-8-21)39(15-3-13-34)16-4-14-35/h2,5-12,17-19H,3-4,15-16,20H2,1H3,(H,36,42)(H,38,43). The van der Waals surface area contributed by atoms with Crippen LogP contribution in [0, 0.1) is 32.8 Å². The molecule has 0 saturated carbocycles. The second-order valence-electron chi connectivity index (χ2n) is 9.91. The highest BCUT2D eigenvalue weighted by Gasteiger charge is 2.35. The van der Waals surface area contributed by atoms with E-state index in [-0.39, 0.29) is 40.6 Å². The third kappa shape index (κ3) is 8.69. The van der Waals surface area contributed by atoms with Crippen LogP contribution < -0.4 is 20.4 Å². The van der Waals surface area contributed by atoms with Crippen LogP contribution in [0.1, 0.15) is 30.4 Å². The maximum atomic E-state index is 13.6. The van der Waals surface area contributed by atoms with Gasteiger partial charge in [-0.1, -0.05) is 29.8 Å². The molecule has 1 heterocycles. The Balaban J connectivity index is 1.61. The number of rotatable bonds is 13. The van der Waals surface area contributed by atoms with Gasteiger partial charge >= 0.3 is 0 Å². The molecule has 1 aliphatic heterocycles. The topological polar surface area (TPSA) is 194 Å². The van der Waals surface area contributed by atoms with Crippen molar-refractivity contribution in [3.05, 3.63) is 98.7 Å². The number of nitrogens with zero attached hydrogens (tertiary/aromatic N) is 6. The van der Waals surface area contributed by atoms with Gasteiger partial charge in [0.15, 0.2) is 5.84 Å².